The van der Waals surface area contributed by atoms with E-state index in [4.69, 9.17) is 0 Å². The lowest BCUT2D eigenvalue weighted by Crippen LogP contribution is -2.35. The predicted molar refractivity (Wildman–Crippen MR) is 59.7 cm³/mol. The predicted octanol–water partition coefficient (Wildman–Crippen LogP) is 4.49. The first kappa shape index (κ1) is 11.1. The van der Waals surface area contributed by atoms with Crippen molar-refractivity contribution in [3.05, 3.63) is 0 Å². The molecule has 0 aromatic rings. The molecule has 0 aromatic carbocycles. The summed E-state index contributed by atoms with van der Waals surface area (Å²) in [5.41, 5.74) is 0. The Labute approximate surface area is 84.1 Å². The first-order chi connectivity index (χ1) is 6.19. The lowest BCUT2D eigenvalue weighted by Gasteiger charge is -2.44. The van der Waals surface area contributed by atoms with Gasteiger partial charge in [0.15, 0.2) is 0 Å². The van der Waals surface area contributed by atoms with Gasteiger partial charge in [-0.2, -0.15) is 0 Å². The summed E-state index contributed by atoms with van der Waals surface area (Å²) in [7, 11) is 0. The highest BCUT2D eigenvalue weighted by Gasteiger charge is 2.36. The lowest BCUT2D eigenvalue weighted by atomic mass is 9.62. The fraction of sp³-hybridized carbons (Fsp3) is 1.00. The summed E-state index contributed by atoms with van der Waals surface area (Å²) >= 11 is 0. The van der Waals surface area contributed by atoms with Crippen LogP contribution in [0.25, 0.3) is 0 Å². The zero-order valence-corrected chi connectivity index (χ0v) is 9.84. The maximum atomic E-state index is 2.43. The maximum Gasteiger partial charge on any atom is -0.0362 e. The van der Waals surface area contributed by atoms with Gasteiger partial charge in [0, 0.05) is 0 Å². The molecule has 78 valence electrons. The van der Waals surface area contributed by atoms with Crippen LogP contribution in [0.1, 0.15) is 59.8 Å². The van der Waals surface area contributed by atoms with E-state index in [1.165, 1.54) is 32.1 Å². The van der Waals surface area contributed by atoms with E-state index in [2.05, 4.69) is 27.7 Å². The highest BCUT2D eigenvalue weighted by molar-refractivity contribution is 4.86. The standard InChI is InChI=1S/C13H26/c1-5-7-10(3)8-12-9-11(4)13(12)6-2/h10-13H,5-9H2,1-4H3. The van der Waals surface area contributed by atoms with E-state index >= 15 is 0 Å². The minimum atomic E-state index is 0.969. The first-order valence-corrected chi connectivity index (χ1v) is 6.19. The highest BCUT2D eigenvalue weighted by atomic mass is 14.4. The van der Waals surface area contributed by atoms with Gasteiger partial charge in [-0.1, -0.05) is 47.0 Å². The van der Waals surface area contributed by atoms with Gasteiger partial charge in [0.2, 0.25) is 0 Å². The molecular weight excluding hydrogens is 156 g/mol. The molecule has 0 heteroatoms. The Kier molecular flexibility index (Phi) is 4.28. The Morgan fingerprint density at radius 1 is 1.31 bits per heavy atom. The summed E-state index contributed by atoms with van der Waals surface area (Å²) in [5, 5.41) is 0. The van der Waals surface area contributed by atoms with E-state index in [9.17, 15) is 0 Å². The minimum absolute atomic E-state index is 0.969. The van der Waals surface area contributed by atoms with Crippen molar-refractivity contribution in [3.63, 3.8) is 0 Å². The third-order valence-electron chi connectivity index (χ3n) is 3.97. The average Bonchev–Trinajstić information content (AvgIpc) is 2.04. The molecule has 1 fully saturated rings. The molecule has 0 N–H and O–H groups in total. The van der Waals surface area contributed by atoms with Crippen LogP contribution in [0.2, 0.25) is 0 Å². The molecule has 1 aliphatic carbocycles. The summed E-state index contributed by atoms with van der Waals surface area (Å²) in [6.45, 7) is 9.52. The zero-order chi connectivity index (χ0) is 9.84. The summed E-state index contributed by atoms with van der Waals surface area (Å²) in [6, 6.07) is 0. The van der Waals surface area contributed by atoms with Crippen LogP contribution in [-0.4, -0.2) is 0 Å². The van der Waals surface area contributed by atoms with E-state index in [-0.39, 0.29) is 0 Å². The fourth-order valence-corrected chi connectivity index (χ4v) is 3.23. The zero-order valence-electron chi connectivity index (χ0n) is 9.84. The van der Waals surface area contributed by atoms with Gasteiger partial charge in [-0.15, -0.1) is 0 Å². The van der Waals surface area contributed by atoms with Crippen molar-refractivity contribution in [2.45, 2.75) is 59.8 Å². The maximum absolute atomic E-state index is 2.43. The number of rotatable bonds is 5. The van der Waals surface area contributed by atoms with Crippen LogP contribution < -0.4 is 0 Å². The molecule has 4 atom stereocenters. The summed E-state index contributed by atoms with van der Waals surface area (Å²) in [5.74, 6) is 4.11. The Hall–Kier alpha value is 0. The van der Waals surface area contributed by atoms with Crippen LogP contribution in [0.3, 0.4) is 0 Å². The molecule has 0 amide bonds. The van der Waals surface area contributed by atoms with Gasteiger partial charge in [0.1, 0.15) is 0 Å². The fourth-order valence-electron chi connectivity index (χ4n) is 3.23. The average molecular weight is 182 g/mol. The number of hydrogen-bond acceptors (Lipinski definition) is 0. The van der Waals surface area contributed by atoms with Crippen molar-refractivity contribution in [1.82, 2.24) is 0 Å². The molecule has 0 aromatic heterocycles. The van der Waals surface area contributed by atoms with E-state index in [0.717, 1.165) is 23.7 Å². The molecule has 0 saturated heterocycles. The normalized spacial score (nSPS) is 35.5. The third-order valence-corrected chi connectivity index (χ3v) is 3.97. The van der Waals surface area contributed by atoms with E-state index in [0.29, 0.717) is 0 Å². The number of hydrogen-bond donors (Lipinski definition) is 0. The molecule has 1 saturated carbocycles. The van der Waals surface area contributed by atoms with Crippen LogP contribution in [0.4, 0.5) is 0 Å². The van der Waals surface area contributed by atoms with Crippen LogP contribution in [0, 0.1) is 23.7 Å². The van der Waals surface area contributed by atoms with Crippen LogP contribution in [0.15, 0.2) is 0 Å². The molecule has 0 aliphatic heterocycles. The van der Waals surface area contributed by atoms with E-state index in [1.54, 1.807) is 0 Å². The second-order valence-electron chi connectivity index (χ2n) is 5.17. The second-order valence-corrected chi connectivity index (χ2v) is 5.17. The molecule has 13 heavy (non-hydrogen) atoms. The highest BCUT2D eigenvalue weighted by Crippen LogP contribution is 2.45. The summed E-state index contributed by atoms with van der Waals surface area (Å²) in [6.07, 6.45) is 7.20. The van der Waals surface area contributed by atoms with Gasteiger partial charge in [0.25, 0.3) is 0 Å². The molecular formula is C13H26. The van der Waals surface area contributed by atoms with Crippen LogP contribution >= 0.6 is 0 Å². The molecule has 0 radical (unpaired) electrons. The molecule has 4 unspecified atom stereocenters. The van der Waals surface area contributed by atoms with Gasteiger partial charge in [-0.3, -0.25) is 0 Å². The van der Waals surface area contributed by atoms with Crippen molar-refractivity contribution >= 4 is 0 Å². The van der Waals surface area contributed by atoms with E-state index < -0.39 is 0 Å². The third kappa shape index (κ3) is 2.72. The lowest BCUT2D eigenvalue weighted by molar-refractivity contribution is 0.0606. The summed E-state index contributed by atoms with van der Waals surface area (Å²) in [4.78, 5) is 0. The van der Waals surface area contributed by atoms with Crippen LogP contribution in [-0.2, 0) is 0 Å². The Bertz CT molecular complexity index is 139. The van der Waals surface area contributed by atoms with Gasteiger partial charge < -0.3 is 0 Å². The Morgan fingerprint density at radius 3 is 2.46 bits per heavy atom. The second kappa shape index (κ2) is 5.02. The van der Waals surface area contributed by atoms with E-state index in [1.807, 2.05) is 0 Å². The van der Waals surface area contributed by atoms with Gasteiger partial charge in [0.05, 0.1) is 0 Å². The molecule has 1 rings (SSSR count). The van der Waals surface area contributed by atoms with Gasteiger partial charge in [-0.25, -0.2) is 0 Å². The topological polar surface area (TPSA) is 0 Å². The smallest absolute Gasteiger partial charge is 0.0362 e. The first-order valence-electron chi connectivity index (χ1n) is 6.19. The van der Waals surface area contributed by atoms with Crippen molar-refractivity contribution in [1.29, 1.82) is 0 Å². The van der Waals surface area contributed by atoms with Crippen LogP contribution in [0.5, 0.6) is 0 Å². The van der Waals surface area contributed by atoms with Crippen molar-refractivity contribution in [2.24, 2.45) is 23.7 Å². The molecule has 0 heterocycles. The van der Waals surface area contributed by atoms with Crippen molar-refractivity contribution in [3.8, 4) is 0 Å². The largest absolute Gasteiger partial charge is 0.0654 e. The Morgan fingerprint density at radius 2 is 2.00 bits per heavy atom. The monoisotopic (exact) mass is 182 g/mol. The van der Waals surface area contributed by atoms with Crippen molar-refractivity contribution in [2.75, 3.05) is 0 Å². The minimum Gasteiger partial charge on any atom is -0.0654 e. The van der Waals surface area contributed by atoms with Gasteiger partial charge in [-0.05, 0) is 36.5 Å². The molecule has 0 spiro atoms. The quantitative estimate of drug-likeness (QED) is 0.587. The van der Waals surface area contributed by atoms with Crippen molar-refractivity contribution < 1.29 is 0 Å². The van der Waals surface area contributed by atoms with Gasteiger partial charge >= 0.3 is 0 Å². The molecule has 1 aliphatic rings. The SMILES string of the molecule is CCCC(C)CC1CC(C)C1CC. The molecule has 0 nitrogen and oxygen atoms in total. The molecule has 0 bridgehead atoms. The summed E-state index contributed by atoms with van der Waals surface area (Å²) < 4.78 is 0. The Balaban J connectivity index is 2.22.